The van der Waals surface area contributed by atoms with Gasteiger partial charge in [-0.1, -0.05) is 77.4 Å². The first-order chi connectivity index (χ1) is 30.2. The van der Waals surface area contributed by atoms with Gasteiger partial charge in [0.1, 0.15) is 12.5 Å². The van der Waals surface area contributed by atoms with Gasteiger partial charge in [-0.15, -0.1) is 0 Å². The third-order valence-corrected chi connectivity index (χ3v) is 11.0. The zero-order chi connectivity index (χ0) is 47.2. The molecule has 21 heteroatoms. The third kappa shape index (κ3) is 14.0. The summed E-state index contributed by atoms with van der Waals surface area (Å²) in [5, 5.41) is 9.77. The highest BCUT2D eigenvalue weighted by atomic mass is 35.5. The van der Waals surface area contributed by atoms with E-state index in [2.05, 4.69) is 35.5 Å². The smallest absolute Gasteiger partial charge is 0.411 e. The minimum Gasteiger partial charge on any atom is -0.461 e. The molecule has 6 rings (SSSR count). The first-order valence-electron chi connectivity index (χ1n) is 19.9. The van der Waals surface area contributed by atoms with Crippen LogP contribution in [0.2, 0.25) is 10.3 Å². The number of ether oxygens (including phenoxy) is 2. The van der Waals surface area contributed by atoms with Gasteiger partial charge in [0, 0.05) is 53.9 Å². The summed E-state index contributed by atoms with van der Waals surface area (Å²) in [6.45, 7) is 6.35. The van der Waals surface area contributed by atoms with E-state index < -0.39 is 74.0 Å². The monoisotopic (exact) mass is 950 g/mol. The molecule has 0 amide bonds. The first-order valence-corrected chi connectivity index (χ1v) is 22.6. The van der Waals surface area contributed by atoms with Crippen LogP contribution in [0.4, 0.5) is 25.1 Å². The fourth-order valence-electron chi connectivity index (χ4n) is 6.46. The topological polar surface area (TPSA) is 205 Å². The maximum Gasteiger partial charge on any atom is 0.411 e. The number of esters is 1. The summed E-state index contributed by atoms with van der Waals surface area (Å²) < 4.78 is 70.4. The highest BCUT2D eigenvalue weighted by Gasteiger charge is 2.45. The number of Topliss-reactive ketones (excluding diaryl/α,β-unsaturated/α-hetero) is 3. The van der Waals surface area contributed by atoms with Crippen LogP contribution in [0.25, 0.3) is 0 Å². The van der Waals surface area contributed by atoms with Gasteiger partial charge in [0.15, 0.2) is 38.5 Å². The van der Waals surface area contributed by atoms with Crippen molar-refractivity contribution in [3.63, 3.8) is 0 Å². The number of hydrogen-bond donors (Lipinski definition) is 2. The van der Waals surface area contributed by atoms with Gasteiger partial charge in [-0.05, 0) is 57.8 Å². The van der Waals surface area contributed by atoms with E-state index in [-0.39, 0.29) is 35.3 Å². The second kappa shape index (κ2) is 22.9. The molecule has 2 heterocycles. The van der Waals surface area contributed by atoms with Gasteiger partial charge in [-0.25, -0.2) is 13.2 Å². The summed E-state index contributed by atoms with van der Waals surface area (Å²) in [6, 6.07) is 21.9. The molecule has 1 aliphatic carbocycles. The Bertz CT molecular complexity index is 2370. The molecule has 15 nitrogen and oxygen atoms in total. The first kappa shape index (κ1) is 51.1. The number of hydrogen-bond acceptors (Lipinski definition) is 15. The standard InChI is InChI=1S/C18H17NO3.C17H16ClF3O6S.C8H14ClN5/c1-2-21-17(20)16-13-18(22-19-16,14-9-5-3-6-10-14)15-11-7-4-8-12-15;1-28(25,26)13-6-5-9(15(18)10(13)7-27-8-17(19,20)21)16(24)14-11(22)3-2-4-12(14)23;1-4-10-7-12-6(9)13-8(14-7)11-5(2)3/h3-12H,2,13H2,1H3;5-6,14H,2-4,7-8H2,1H3;5H,4H2,1-3H3,(H2,10,11,12,13,14). The van der Waals surface area contributed by atoms with Gasteiger partial charge < -0.3 is 24.9 Å². The second-order valence-electron chi connectivity index (χ2n) is 14.5. The molecule has 0 atom stereocenters. The van der Waals surface area contributed by atoms with Crippen molar-refractivity contribution in [3.8, 4) is 0 Å². The number of rotatable bonds is 14. The number of alkyl halides is 3. The van der Waals surface area contributed by atoms with Gasteiger partial charge in [0.2, 0.25) is 17.2 Å². The average Bonchev–Trinajstić information content (AvgIpc) is 3.69. The lowest BCUT2D eigenvalue weighted by atomic mass is 9.81. The lowest BCUT2D eigenvalue weighted by Crippen LogP contribution is -2.35. The van der Waals surface area contributed by atoms with Crippen LogP contribution in [0.15, 0.2) is 82.8 Å². The molecule has 0 spiro atoms. The van der Waals surface area contributed by atoms with E-state index in [0.29, 0.717) is 37.1 Å². The number of carbonyl (C=O) groups excluding carboxylic acids is 4. The van der Waals surface area contributed by atoms with Crippen LogP contribution in [0.5, 0.6) is 0 Å². The lowest BCUT2D eigenvalue weighted by molar-refractivity contribution is -0.176. The molecule has 0 saturated heterocycles. The van der Waals surface area contributed by atoms with Gasteiger partial charge in [-0.2, -0.15) is 28.1 Å². The number of benzene rings is 3. The van der Waals surface area contributed by atoms with E-state index in [1.807, 2.05) is 81.4 Å². The van der Waals surface area contributed by atoms with E-state index in [1.54, 1.807) is 6.92 Å². The van der Waals surface area contributed by atoms with E-state index in [1.165, 1.54) is 0 Å². The molecule has 2 aliphatic rings. The number of anilines is 2. The van der Waals surface area contributed by atoms with Crippen LogP contribution in [-0.2, 0) is 50.7 Å². The van der Waals surface area contributed by atoms with E-state index >= 15 is 0 Å². The Balaban J connectivity index is 0.000000222. The normalized spacial score (nSPS) is 14.9. The van der Waals surface area contributed by atoms with Gasteiger partial charge in [0.25, 0.3) is 0 Å². The highest BCUT2D eigenvalue weighted by Crippen LogP contribution is 2.41. The maximum absolute atomic E-state index is 12.7. The van der Waals surface area contributed by atoms with Gasteiger partial charge in [0.05, 0.1) is 29.6 Å². The molecule has 0 unspecified atom stereocenters. The highest BCUT2D eigenvalue weighted by molar-refractivity contribution is 7.90. The summed E-state index contributed by atoms with van der Waals surface area (Å²) in [7, 11) is -3.90. The number of nitrogens with zero attached hydrogens (tertiary/aromatic N) is 4. The number of carbonyl (C=O) groups is 4. The molecule has 1 saturated carbocycles. The van der Waals surface area contributed by atoms with Crippen LogP contribution in [0, 0.1) is 5.92 Å². The zero-order valence-electron chi connectivity index (χ0n) is 35.5. The zero-order valence-corrected chi connectivity index (χ0v) is 37.8. The molecule has 344 valence electrons. The third-order valence-electron chi connectivity index (χ3n) is 9.21. The number of sulfone groups is 1. The predicted octanol–water partition coefficient (Wildman–Crippen LogP) is 7.99. The number of oxime groups is 1. The largest absolute Gasteiger partial charge is 0.461 e. The minimum atomic E-state index is -4.65. The Morgan fingerprint density at radius 3 is 2.00 bits per heavy atom. The molecule has 1 aliphatic heterocycles. The van der Waals surface area contributed by atoms with Crippen molar-refractivity contribution >= 4 is 74.0 Å². The molecule has 64 heavy (non-hydrogen) atoms. The Hall–Kier alpha value is -5.50. The Kier molecular flexibility index (Phi) is 18.3. The quantitative estimate of drug-likeness (QED) is 0.0699. The van der Waals surface area contributed by atoms with Crippen molar-refractivity contribution in [2.45, 2.75) is 82.7 Å². The van der Waals surface area contributed by atoms with E-state index in [9.17, 15) is 40.8 Å². The fraction of sp³-hybridized carbons (Fsp3) is 0.395. The van der Waals surface area contributed by atoms with Crippen LogP contribution in [0.3, 0.4) is 0 Å². The Morgan fingerprint density at radius 2 is 1.48 bits per heavy atom. The second-order valence-corrected chi connectivity index (χ2v) is 17.2. The summed E-state index contributed by atoms with van der Waals surface area (Å²) in [5.74, 6) is -3.02. The van der Waals surface area contributed by atoms with Crippen molar-refractivity contribution in [1.82, 2.24) is 15.0 Å². The van der Waals surface area contributed by atoms with Crippen LogP contribution >= 0.6 is 23.2 Å². The van der Waals surface area contributed by atoms with Crippen molar-refractivity contribution in [2.24, 2.45) is 11.1 Å². The van der Waals surface area contributed by atoms with Crippen molar-refractivity contribution in [2.75, 3.05) is 36.6 Å². The Labute approximate surface area is 378 Å². The molecule has 0 radical (unpaired) electrons. The van der Waals surface area contributed by atoms with Crippen molar-refractivity contribution in [3.05, 3.63) is 105 Å². The predicted molar refractivity (Wildman–Crippen MR) is 233 cm³/mol. The van der Waals surface area contributed by atoms with Gasteiger partial charge >= 0.3 is 12.1 Å². The van der Waals surface area contributed by atoms with Gasteiger partial charge in [-0.3, -0.25) is 14.4 Å². The van der Waals surface area contributed by atoms with Crippen molar-refractivity contribution in [1.29, 1.82) is 0 Å². The summed E-state index contributed by atoms with van der Waals surface area (Å²) in [4.78, 5) is 66.0. The van der Waals surface area contributed by atoms with Crippen LogP contribution < -0.4 is 10.6 Å². The molecular weight excluding hydrogens is 904 g/mol. The van der Waals surface area contributed by atoms with E-state index in [0.717, 1.165) is 36.1 Å². The molecule has 0 bridgehead atoms. The molecule has 1 fully saturated rings. The number of aromatic nitrogens is 3. The molecule has 3 aromatic carbocycles. The number of nitrogens with one attached hydrogen (secondary N) is 2. The van der Waals surface area contributed by atoms with Crippen LogP contribution in [0.1, 0.15) is 80.4 Å². The SMILES string of the molecule is CCNc1nc(Cl)nc(NC(C)C)n1.CCOC(=O)C1=NOC(c2ccccc2)(c2ccccc2)C1.CS(=O)(=O)c1ccc(C(=O)C2C(=O)CCCC2=O)c(Cl)c1COCC(F)(F)F. The summed E-state index contributed by atoms with van der Waals surface area (Å²) in [6.07, 6.45) is -3.04. The van der Waals surface area contributed by atoms with E-state index in [4.69, 9.17) is 32.8 Å². The fourth-order valence-corrected chi connectivity index (χ4v) is 7.91. The minimum absolute atomic E-state index is 0.0444. The number of halogens is 5. The van der Waals surface area contributed by atoms with Crippen LogP contribution in [-0.4, -0.2) is 90.6 Å². The summed E-state index contributed by atoms with van der Waals surface area (Å²) >= 11 is 11.8. The number of ketones is 3. The molecular formula is C43H47Cl2F3N6O9S. The Morgan fingerprint density at radius 1 is 0.906 bits per heavy atom. The average molecular weight is 952 g/mol. The summed E-state index contributed by atoms with van der Waals surface area (Å²) in [5.41, 5.74) is 0.816. The maximum atomic E-state index is 12.7. The molecule has 1 aromatic heterocycles. The van der Waals surface area contributed by atoms with Crippen molar-refractivity contribution < 1.29 is 55.1 Å². The molecule has 4 aromatic rings. The lowest BCUT2D eigenvalue weighted by Gasteiger charge is -2.27. The molecule has 2 N–H and O–H groups in total.